The van der Waals surface area contributed by atoms with Crippen LogP contribution >= 0.6 is 0 Å². The van der Waals surface area contributed by atoms with Crippen molar-refractivity contribution in [3.05, 3.63) is 53.6 Å². The first-order valence-corrected chi connectivity index (χ1v) is 11.5. The first-order valence-electron chi connectivity index (χ1n) is 10.0. The minimum absolute atomic E-state index is 0.0347. The minimum Gasteiger partial charge on any atom is -0.497 e. The third kappa shape index (κ3) is 3.65. The van der Waals surface area contributed by atoms with E-state index < -0.39 is 10.0 Å². The summed E-state index contributed by atoms with van der Waals surface area (Å²) >= 11 is 0. The molecule has 0 bridgehead atoms. The molecule has 1 fully saturated rings. The zero-order chi connectivity index (χ0) is 20.6. The standard InChI is InChI=1S/C22H26N2O4S/c1-16-14-18-15-20(29(26,27)23-12-4-3-5-13-23)10-11-21(18)24(16)22(25)17-6-8-19(28-2)9-7-17/h6-11,15-16H,3-5,12-14H2,1-2H3. The normalized spacial score (nSPS) is 19.8. The van der Waals surface area contributed by atoms with Crippen molar-refractivity contribution in [2.45, 2.75) is 43.5 Å². The molecule has 29 heavy (non-hydrogen) atoms. The van der Waals surface area contributed by atoms with Gasteiger partial charge in [0.2, 0.25) is 10.0 Å². The second-order valence-electron chi connectivity index (χ2n) is 7.71. The Morgan fingerprint density at radius 3 is 2.38 bits per heavy atom. The molecule has 0 aromatic heterocycles. The Bertz CT molecular complexity index is 1010. The van der Waals surface area contributed by atoms with E-state index in [0.29, 0.717) is 35.7 Å². The number of methoxy groups -OCH3 is 1. The topological polar surface area (TPSA) is 66.9 Å². The van der Waals surface area contributed by atoms with E-state index >= 15 is 0 Å². The van der Waals surface area contributed by atoms with Crippen LogP contribution in [-0.4, -0.2) is 44.9 Å². The van der Waals surface area contributed by atoms with Crippen LogP contribution in [0.5, 0.6) is 5.75 Å². The van der Waals surface area contributed by atoms with Crippen molar-refractivity contribution in [3.8, 4) is 5.75 Å². The largest absolute Gasteiger partial charge is 0.497 e. The monoisotopic (exact) mass is 414 g/mol. The summed E-state index contributed by atoms with van der Waals surface area (Å²) in [7, 11) is -1.89. The lowest BCUT2D eigenvalue weighted by Crippen LogP contribution is -2.36. The van der Waals surface area contributed by atoms with Crippen LogP contribution in [0, 0.1) is 0 Å². The highest BCUT2D eigenvalue weighted by Gasteiger charge is 2.34. The number of hydrogen-bond donors (Lipinski definition) is 0. The third-order valence-electron chi connectivity index (χ3n) is 5.78. The van der Waals surface area contributed by atoms with Gasteiger partial charge in [-0.3, -0.25) is 4.79 Å². The van der Waals surface area contributed by atoms with Gasteiger partial charge in [-0.1, -0.05) is 6.42 Å². The fraction of sp³-hybridized carbons (Fsp3) is 0.409. The summed E-state index contributed by atoms with van der Waals surface area (Å²) in [5.41, 5.74) is 2.27. The van der Waals surface area contributed by atoms with Crippen molar-refractivity contribution in [1.82, 2.24) is 4.31 Å². The van der Waals surface area contributed by atoms with E-state index in [-0.39, 0.29) is 11.9 Å². The van der Waals surface area contributed by atoms with Gasteiger partial charge >= 0.3 is 0 Å². The van der Waals surface area contributed by atoms with Crippen LogP contribution in [0.15, 0.2) is 47.4 Å². The molecule has 0 N–H and O–H groups in total. The van der Waals surface area contributed by atoms with E-state index in [0.717, 1.165) is 30.5 Å². The number of anilines is 1. The van der Waals surface area contributed by atoms with Gasteiger partial charge in [-0.05, 0) is 74.2 Å². The van der Waals surface area contributed by atoms with Crippen molar-refractivity contribution >= 4 is 21.6 Å². The molecule has 1 atom stereocenters. The number of ether oxygens (including phenoxy) is 1. The SMILES string of the molecule is COc1ccc(C(=O)N2c3ccc(S(=O)(=O)N4CCCCC4)cc3CC2C)cc1. The van der Waals surface area contributed by atoms with Crippen molar-refractivity contribution < 1.29 is 17.9 Å². The van der Waals surface area contributed by atoms with Gasteiger partial charge in [-0.15, -0.1) is 0 Å². The van der Waals surface area contributed by atoms with Gasteiger partial charge in [0.15, 0.2) is 0 Å². The summed E-state index contributed by atoms with van der Waals surface area (Å²) in [5.74, 6) is 0.606. The first-order chi connectivity index (χ1) is 13.9. The summed E-state index contributed by atoms with van der Waals surface area (Å²) < 4.78 is 32.7. The summed E-state index contributed by atoms with van der Waals surface area (Å²) in [6.45, 7) is 3.15. The van der Waals surface area contributed by atoms with E-state index in [1.165, 1.54) is 0 Å². The highest BCUT2D eigenvalue weighted by molar-refractivity contribution is 7.89. The Morgan fingerprint density at radius 1 is 1.03 bits per heavy atom. The molecule has 0 saturated carbocycles. The molecule has 0 spiro atoms. The molecule has 2 aliphatic rings. The zero-order valence-electron chi connectivity index (χ0n) is 16.8. The summed E-state index contributed by atoms with van der Waals surface area (Å²) in [5, 5.41) is 0. The lowest BCUT2D eigenvalue weighted by molar-refractivity contribution is 0.0981. The summed E-state index contributed by atoms with van der Waals surface area (Å²) in [6, 6.07) is 12.2. The zero-order valence-corrected chi connectivity index (χ0v) is 17.6. The molecule has 6 nitrogen and oxygen atoms in total. The molecule has 1 saturated heterocycles. The molecular weight excluding hydrogens is 388 g/mol. The van der Waals surface area contributed by atoms with Gasteiger partial charge in [0.1, 0.15) is 5.75 Å². The van der Waals surface area contributed by atoms with Crippen LogP contribution in [0.1, 0.15) is 42.1 Å². The Hall–Kier alpha value is -2.38. The molecule has 7 heteroatoms. The fourth-order valence-corrected chi connectivity index (χ4v) is 5.77. The Kier molecular flexibility index (Phi) is 5.36. The van der Waals surface area contributed by atoms with Gasteiger partial charge in [-0.2, -0.15) is 4.31 Å². The Labute approximate surface area is 172 Å². The van der Waals surface area contributed by atoms with Gasteiger partial charge in [0, 0.05) is 30.4 Å². The van der Waals surface area contributed by atoms with Gasteiger partial charge in [0.05, 0.1) is 12.0 Å². The maximum Gasteiger partial charge on any atom is 0.258 e. The first kappa shape index (κ1) is 19.9. The van der Waals surface area contributed by atoms with E-state index in [4.69, 9.17) is 4.74 Å². The second-order valence-corrected chi connectivity index (χ2v) is 9.65. The average molecular weight is 415 g/mol. The van der Waals surface area contributed by atoms with E-state index in [9.17, 15) is 13.2 Å². The number of fused-ring (bicyclic) bond motifs is 1. The number of amides is 1. The number of piperidine rings is 1. The predicted molar refractivity (Wildman–Crippen MR) is 112 cm³/mol. The van der Waals surface area contributed by atoms with Crippen LogP contribution in [0.3, 0.4) is 0 Å². The second kappa shape index (κ2) is 7.80. The molecule has 4 rings (SSSR count). The quantitative estimate of drug-likeness (QED) is 0.768. The maximum atomic E-state index is 13.1. The van der Waals surface area contributed by atoms with Gasteiger partial charge in [-0.25, -0.2) is 8.42 Å². The summed E-state index contributed by atoms with van der Waals surface area (Å²) in [6.07, 6.45) is 3.54. The number of rotatable bonds is 4. The number of carbonyl (C=O) groups excluding carboxylic acids is 1. The van der Waals surface area contributed by atoms with Crippen LogP contribution in [-0.2, 0) is 16.4 Å². The molecule has 0 aliphatic carbocycles. The number of sulfonamides is 1. The Balaban J connectivity index is 1.63. The van der Waals surface area contributed by atoms with Crippen LogP contribution in [0.2, 0.25) is 0 Å². The lowest BCUT2D eigenvalue weighted by atomic mass is 10.1. The molecule has 2 aromatic carbocycles. The minimum atomic E-state index is -3.48. The van der Waals surface area contributed by atoms with E-state index in [2.05, 4.69) is 0 Å². The van der Waals surface area contributed by atoms with Crippen molar-refractivity contribution in [2.75, 3.05) is 25.1 Å². The smallest absolute Gasteiger partial charge is 0.258 e. The summed E-state index contributed by atoms with van der Waals surface area (Å²) in [4.78, 5) is 15.2. The van der Waals surface area contributed by atoms with Gasteiger partial charge < -0.3 is 9.64 Å². The maximum absolute atomic E-state index is 13.1. The van der Waals surface area contributed by atoms with Crippen LogP contribution in [0.25, 0.3) is 0 Å². The number of nitrogens with zero attached hydrogens (tertiary/aromatic N) is 2. The highest BCUT2D eigenvalue weighted by Crippen LogP contribution is 2.36. The Morgan fingerprint density at radius 2 is 1.72 bits per heavy atom. The van der Waals surface area contributed by atoms with Crippen LogP contribution in [0.4, 0.5) is 5.69 Å². The predicted octanol–water partition coefficient (Wildman–Crippen LogP) is 3.46. The lowest BCUT2D eigenvalue weighted by Gasteiger charge is -2.26. The third-order valence-corrected chi connectivity index (χ3v) is 7.67. The highest BCUT2D eigenvalue weighted by atomic mass is 32.2. The molecular formula is C22H26N2O4S. The number of hydrogen-bond acceptors (Lipinski definition) is 4. The van der Waals surface area contributed by atoms with E-state index in [1.54, 1.807) is 58.8 Å². The molecule has 1 unspecified atom stereocenters. The molecule has 2 heterocycles. The number of carbonyl (C=O) groups is 1. The van der Waals surface area contributed by atoms with Crippen molar-refractivity contribution in [3.63, 3.8) is 0 Å². The fourth-order valence-electron chi connectivity index (χ4n) is 4.20. The van der Waals surface area contributed by atoms with Gasteiger partial charge in [0.25, 0.3) is 5.91 Å². The van der Waals surface area contributed by atoms with Crippen molar-refractivity contribution in [2.24, 2.45) is 0 Å². The van der Waals surface area contributed by atoms with E-state index in [1.807, 2.05) is 6.92 Å². The molecule has 2 aromatic rings. The molecule has 2 aliphatic heterocycles. The average Bonchev–Trinajstić information content (AvgIpc) is 3.08. The molecule has 154 valence electrons. The molecule has 0 radical (unpaired) electrons. The number of benzene rings is 2. The van der Waals surface area contributed by atoms with Crippen molar-refractivity contribution in [1.29, 1.82) is 0 Å². The van der Waals surface area contributed by atoms with Crippen LogP contribution < -0.4 is 9.64 Å². The molecule has 1 amide bonds.